The third kappa shape index (κ3) is 3.95. The van der Waals surface area contributed by atoms with Gasteiger partial charge in [0, 0.05) is 20.2 Å². The van der Waals surface area contributed by atoms with Crippen molar-refractivity contribution in [3.8, 4) is 0 Å². The maximum atomic E-state index is 12.1. The van der Waals surface area contributed by atoms with Crippen molar-refractivity contribution in [2.75, 3.05) is 31.0 Å². The number of methoxy groups -OCH3 is 1. The van der Waals surface area contributed by atoms with Gasteiger partial charge in [-0.05, 0) is 25.0 Å². The summed E-state index contributed by atoms with van der Waals surface area (Å²) < 4.78 is 4.93. The molecule has 1 aromatic carbocycles. The Bertz CT molecular complexity index is 472. The summed E-state index contributed by atoms with van der Waals surface area (Å²) in [6, 6.07) is 7.76. The monoisotopic (exact) mass is 291 g/mol. The summed E-state index contributed by atoms with van der Waals surface area (Å²) in [7, 11) is 3.63. The Morgan fingerprint density at radius 2 is 2.10 bits per heavy atom. The summed E-state index contributed by atoms with van der Waals surface area (Å²) in [6.07, 6.45) is 4.98. The van der Waals surface area contributed by atoms with E-state index in [1.165, 1.54) is 32.8 Å². The molecule has 1 amide bonds. The maximum absolute atomic E-state index is 12.1. The number of amides is 1. The van der Waals surface area contributed by atoms with Gasteiger partial charge in [0.15, 0.2) is 0 Å². The number of nitrogens with zero attached hydrogens (tertiary/aromatic N) is 1. The molecule has 1 unspecified atom stereocenters. The van der Waals surface area contributed by atoms with E-state index >= 15 is 0 Å². The van der Waals surface area contributed by atoms with Crippen molar-refractivity contribution in [1.82, 2.24) is 0 Å². The van der Waals surface area contributed by atoms with Gasteiger partial charge in [-0.1, -0.05) is 25.0 Å². The highest BCUT2D eigenvalue weighted by Crippen LogP contribution is 2.31. The van der Waals surface area contributed by atoms with Crippen LogP contribution in [-0.4, -0.2) is 38.8 Å². The summed E-state index contributed by atoms with van der Waals surface area (Å²) in [6.45, 7) is 0.215. The van der Waals surface area contributed by atoms with Crippen molar-refractivity contribution in [3.05, 3.63) is 24.3 Å². The van der Waals surface area contributed by atoms with Crippen LogP contribution in [0.1, 0.15) is 25.7 Å². The number of rotatable bonds is 6. The Labute approximate surface area is 126 Å². The standard InChI is InChI=1S/C16H25N3O2/c1-19(12-7-3-4-8-12)15-10-6-5-9-14(15)18-16(20)13(17)11-21-2/h5-6,9-10,12-13H,3-4,7-8,11,17H2,1-2H3,(H,18,20). The Morgan fingerprint density at radius 3 is 2.76 bits per heavy atom. The Morgan fingerprint density at radius 1 is 1.43 bits per heavy atom. The third-order valence-corrected chi connectivity index (χ3v) is 4.10. The Kier molecular flexibility index (Phi) is 5.59. The first-order valence-electron chi connectivity index (χ1n) is 7.50. The highest BCUT2D eigenvalue weighted by atomic mass is 16.5. The number of nitrogens with one attached hydrogen (secondary N) is 1. The number of nitrogens with two attached hydrogens (primary N) is 1. The molecular weight excluding hydrogens is 266 g/mol. The molecule has 0 aromatic heterocycles. The fourth-order valence-corrected chi connectivity index (χ4v) is 2.86. The van der Waals surface area contributed by atoms with E-state index < -0.39 is 6.04 Å². The van der Waals surface area contributed by atoms with Crippen LogP contribution in [0, 0.1) is 0 Å². The van der Waals surface area contributed by atoms with Crippen molar-refractivity contribution >= 4 is 17.3 Å². The molecule has 0 bridgehead atoms. The topological polar surface area (TPSA) is 67.6 Å². The molecule has 1 aliphatic rings. The van der Waals surface area contributed by atoms with E-state index in [9.17, 15) is 4.79 Å². The van der Waals surface area contributed by atoms with Crippen LogP contribution in [0.15, 0.2) is 24.3 Å². The minimum absolute atomic E-state index is 0.215. The number of carbonyl (C=O) groups is 1. The third-order valence-electron chi connectivity index (χ3n) is 4.10. The quantitative estimate of drug-likeness (QED) is 0.841. The van der Waals surface area contributed by atoms with Crippen molar-refractivity contribution in [1.29, 1.82) is 0 Å². The lowest BCUT2D eigenvalue weighted by Crippen LogP contribution is -2.39. The zero-order valence-electron chi connectivity index (χ0n) is 12.8. The van der Waals surface area contributed by atoms with E-state index in [1.807, 2.05) is 24.3 Å². The van der Waals surface area contributed by atoms with Crippen molar-refractivity contribution in [3.63, 3.8) is 0 Å². The molecule has 1 aromatic rings. The summed E-state index contributed by atoms with van der Waals surface area (Å²) in [5.74, 6) is -0.218. The van der Waals surface area contributed by atoms with Crippen molar-refractivity contribution < 1.29 is 9.53 Å². The molecule has 1 fully saturated rings. The summed E-state index contributed by atoms with van der Waals surface area (Å²) in [5, 5.41) is 2.91. The average molecular weight is 291 g/mol. The van der Waals surface area contributed by atoms with Crippen molar-refractivity contribution in [2.24, 2.45) is 5.73 Å². The minimum atomic E-state index is -0.653. The first-order valence-corrected chi connectivity index (χ1v) is 7.50. The molecule has 2 rings (SSSR count). The highest BCUT2D eigenvalue weighted by Gasteiger charge is 2.22. The molecule has 0 saturated heterocycles. The predicted octanol–water partition coefficient (Wildman–Crippen LogP) is 1.98. The van der Waals surface area contributed by atoms with Gasteiger partial charge in [0.05, 0.1) is 18.0 Å². The van der Waals surface area contributed by atoms with E-state index in [-0.39, 0.29) is 12.5 Å². The molecule has 3 N–H and O–H groups in total. The number of hydrogen-bond donors (Lipinski definition) is 2. The highest BCUT2D eigenvalue weighted by molar-refractivity contribution is 5.97. The molecule has 1 saturated carbocycles. The zero-order chi connectivity index (χ0) is 15.2. The molecule has 0 heterocycles. The summed E-state index contributed by atoms with van der Waals surface area (Å²) in [5.41, 5.74) is 7.63. The van der Waals surface area contributed by atoms with E-state index in [0.717, 1.165) is 11.4 Å². The lowest BCUT2D eigenvalue weighted by atomic mass is 10.1. The average Bonchev–Trinajstić information content (AvgIpc) is 3.01. The van der Waals surface area contributed by atoms with E-state index in [4.69, 9.17) is 10.5 Å². The van der Waals surface area contributed by atoms with Crippen LogP contribution in [0.3, 0.4) is 0 Å². The number of hydrogen-bond acceptors (Lipinski definition) is 4. The fraction of sp³-hybridized carbons (Fsp3) is 0.562. The maximum Gasteiger partial charge on any atom is 0.243 e. The van der Waals surface area contributed by atoms with E-state index in [1.54, 1.807) is 0 Å². The van der Waals surface area contributed by atoms with Gasteiger partial charge in [0.1, 0.15) is 6.04 Å². The van der Waals surface area contributed by atoms with Gasteiger partial charge in [-0.3, -0.25) is 4.79 Å². The number of anilines is 2. The van der Waals surface area contributed by atoms with Crippen molar-refractivity contribution in [2.45, 2.75) is 37.8 Å². The van der Waals surface area contributed by atoms with Gasteiger partial charge >= 0.3 is 0 Å². The first-order chi connectivity index (χ1) is 10.1. The van der Waals surface area contributed by atoms with Gasteiger partial charge in [-0.15, -0.1) is 0 Å². The molecule has 5 heteroatoms. The second-order valence-electron chi connectivity index (χ2n) is 5.62. The lowest BCUT2D eigenvalue weighted by Gasteiger charge is -2.29. The van der Waals surface area contributed by atoms with E-state index in [2.05, 4.69) is 17.3 Å². The van der Waals surface area contributed by atoms with E-state index in [0.29, 0.717) is 6.04 Å². The number of carbonyl (C=O) groups excluding carboxylic acids is 1. The lowest BCUT2D eigenvalue weighted by molar-refractivity contribution is -0.118. The fourth-order valence-electron chi connectivity index (χ4n) is 2.86. The molecule has 1 atom stereocenters. The number of para-hydroxylation sites is 2. The molecular formula is C16H25N3O2. The predicted molar refractivity (Wildman–Crippen MR) is 85.6 cm³/mol. The van der Waals surface area contributed by atoms with Crippen LogP contribution in [0.4, 0.5) is 11.4 Å². The Balaban J connectivity index is 2.11. The van der Waals surface area contributed by atoms with Crippen LogP contribution < -0.4 is 16.0 Å². The summed E-state index contributed by atoms with van der Waals surface area (Å²) in [4.78, 5) is 14.3. The van der Waals surface area contributed by atoms with Crippen LogP contribution in [0.25, 0.3) is 0 Å². The molecule has 1 aliphatic carbocycles. The zero-order valence-corrected chi connectivity index (χ0v) is 12.8. The smallest absolute Gasteiger partial charge is 0.243 e. The second kappa shape index (κ2) is 7.43. The molecule has 0 radical (unpaired) electrons. The van der Waals surface area contributed by atoms with Gasteiger partial charge in [0.25, 0.3) is 0 Å². The SMILES string of the molecule is COCC(N)C(=O)Nc1ccccc1N(C)C1CCCC1. The van der Waals surface area contributed by atoms with Crippen LogP contribution in [-0.2, 0) is 9.53 Å². The molecule has 0 aliphatic heterocycles. The second-order valence-corrected chi connectivity index (χ2v) is 5.62. The molecule has 0 spiro atoms. The minimum Gasteiger partial charge on any atom is -0.383 e. The largest absolute Gasteiger partial charge is 0.383 e. The Hall–Kier alpha value is -1.59. The summed E-state index contributed by atoms with van der Waals surface area (Å²) >= 11 is 0. The molecule has 116 valence electrons. The van der Waals surface area contributed by atoms with Gasteiger partial charge in [-0.25, -0.2) is 0 Å². The van der Waals surface area contributed by atoms with Crippen LogP contribution in [0.2, 0.25) is 0 Å². The number of ether oxygens (including phenoxy) is 1. The first kappa shape index (κ1) is 15.8. The van der Waals surface area contributed by atoms with Crippen LogP contribution >= 0.6 is 0 Å². The van der Waals surface area contributed by atoms with Gasteiger partial charge in [0.2, 0.25) is 5.91 Å². The number of benzene rings is 1. The molecule has 5 nitrogen and oxygen atoms in total. The normalized spacial score (nSPS) is 16.7. The molecule has 21 heavy (non-hydrogen) atoms. The van der Waals surface area contributed by atoms with Crippen LogP contribution in [0.5, 0.6) is 0 Å². The van der Waals surface area contributed by atoms with Gasteiger partial charge < -0.3 is 20.7 Å². The van der Waals surface area contributed by atoms with Gasteiger partial charge in [-0.2, -0.15) is 0 Å².